The average molecular weight is 535 g/mol. The number of rotatable bonds is 7. The largest absolute Gasteiger partial charge is 0.478 e. The standard InChI is InChI=1S/C30H32F2N4O3/c1-18(2)28(37)36-17-24(20-7-9-21(31)10-8-20)25-16-35(13-12-27(25)36)30-33-15-23(29(38)39)26(34-30)11-6-19-4-3-5-22(32)14-19/h3-5,7-10,14-15,18,24-25,27H,6,11-13,16-17H2,1-2H3,(H,38,39). The molecule has 3 aromatic rings. The third kappa shape index (κ3) is 5.62. The number of aryl methyl sites for hydroxylation is 2. The van der Waals surface area contributed by atoms with Crippen molar-refractivity contribution in [2.45, 2.75) is 45.1 Å². The van der Waals surface area contributed by atoms with Crippen LogP contribution in [0.3, 0.4) is 0 Å². The van der Waals surface area contributed by atoms with Gasteiger partial charge in [-0.05, 0) is 54.7 Å². The molecule has 0 aliphatic carbocycles. The third-order valence-corrected chi connectivity index (χ3v) is 7.91. The summed E-state index contributed by atoms with van der Waals surface area (Å²) in [7, 11) is 0. The molecule has 0 spiro atoms. The van der Waals surface area contributed by atoms with E-state index >= 15 is 0 Å². The van der Waals surface area contributed by atoms with E-state index in [1.165, 1.54) is 30.5 Å². The van der Waals surface area contributed by atoms with E-state index in [-0.39, 0.29) is 46.9 Å². The topological polar surface area (TPSA) is 86.6 Å². The predicted molar refractivity (Wildman–Crippen MR) is 143 cm³/mol. The molecule has 2 aliphatic heterocycles. The Morgan fingerprint density at radius 2 is 1.82 bits per heavy atom. The van der Waals surface area contributed by atoms with Crippen molar-refractivity contribution < 1.29 is 23.5 Å². The minimum Gasteiger partial charge on any atom is -0.478 e. The molecule has 3 atom stereocenters. The van der Waals surface area contributed by atoms with Crippen LogP contribution in [0.1, 0.15) is 53.4 Å². The summed E-state index contributed by atoms with van der Waals surface area (Å²) < 4.78 is 27.3. The van der Waals surface area contributed by atoms with E-state index < -0.39 is 5.97 Å². The fourth-order valence-electron chi connectivity index (χ4n) is 5.95. The van der Waals surface area contributed by atoms with Crippen LogP contribution in [-0.2, 0) is 17.6 Å². The number of aromatic carboxylic acids is 1. The highest BCUT2D eigenvalue weighted by molar-refractivity contribution is 5.88. The van der Waals surface area contributed by atoms with Gasteiger partial charge in [-0.15, -0.1) is 0 Å². The molecule has 2 aliphatic rings. The Morgan fingerprint density at radius 1 is 1.05 bits per heavy atom. The Hall–Kier alpha value is -3.88. The van der Waals surface area contributed by atoms with Crippen LogP contribution < -0.4 is 4.90 Å². The minimum atomic E-state index is -1.11. The molecular formula is C30H32F2N4O3. The van der Waals surface area contributed by atoms with Crippen LogP contribution in [0.4, 0.5) is 14.7 Å². The van der Waals surface area contributed by atoms with Crippen molar-refractivity contribution in [3.05, 3.63) is 88.7 Å². The number of carboxylic acid groups (broad SMARTS) is 1. The van der Waals surface area contributed by atoms with Gasteiger partial charge in [0, 0.05) is 49.6 Å². The number of carbonyl (C=O) groups is 2. The van der Waals surface area contributed by atoms with Gasteiger partial charge < -0.3 is 14.9 Å². The number of piperidine rings is 1. The zero-order chi connectivity index (χ0) is 27.7. The predicted octanol–water partition coefficient (Wildman–Crippen LogP) is 4.72. The number of likely N-dealkylation sites (tertiary alicyclic amines) is 1. The number of halogens is 2. The Bertz CT molecular complexity index is 1360. The smallest absolute Gasteiger partial charge is 0.339 e. The number of anilines is 1. The molecule has 2 saturated heterocycles. The van der Waals surface area contributed by atoms with E-state index in [9.17, 15) is 23.5 Å². The number of amides is 1. The first-order valence-electron chi connectivity index (χ1n) is 13.4. The third-order valence-electron chi connectivity index (χ3n) is 7.91. The van der Waals surface area contributed by atoms with Gasteiger partial charge in [-0.2, -0.15) is 0 Å². The summed E-state index contributed by atoms with van der Waals surface area (Å²) in [5.74, 6) is -1.19. The molecule has 204 valence electrons. The zero-order valence-electron chi connectivity index (χ0n) is 22.1. The minimum absolute atomic E-state index is 0.0313. The van der Waals surface area contributed by atoms with E-state index in [0.29, 0.717) is 44.1 Å². The molecule has 9 heteroatoms. The van der Waals surface area contributed by atoms with Crippen molar-refractivity contribution >= 4 is 17.8 Å². The highest BCUT2D eigenvalue weighted by Crippen LogP contribution is 2.42. The summed E-state index contributed by atoms with van der Waals surface area (Å²) in [5, 5.41) is 9.72. The number of hydrogen-bond donors (Lipinski definition) is 1. The summed E-state index contributed by atoms with van der Waals surface area (Å²) in [5.41, 5.74) is 2.18. The summed E-state index contributed by atoms with van der Waals surface area (Å²) in [6.45, 7) is 5.59. The molecule has 7 nitrogen and oxygen atoms in total. The molecule has 5 rings (SSSR count). The van der Waals surface area contributed by atoms with Crippen molar-refractivity contribution in [1.29, 1.82) is 0 Å². The summed E-state index contributed by atoms with van der Waals surface area (Å²) in [6, 6.07) is 12.8. The molecule has 0 bridgehead atoms. The van der Waals surface area contributed by atoms with Crippen LogP contribution in [0.15, 0.2) is 54.7 Å². The highest BCUT2D eigenvalue weighted by atomic mass is 19.1. The Kier molecular flexibility index (Phi) is 7.59. The first kappa shape index (κ1) is 26.7. The van der Waals surface area contributed by atoms with Gasteiger partial charge in [0.05, 0.1) is 11.3 Å². The molecule has 1 amide bonds. The van der Waals surface area contributed by atoms with Gasteiger partial charge in [0.15, 0.2) is 0 Å². The lowest BCUT2D eigenvalue weighted by atomic mass is 9.82. The fraction of sp³-hybridized carbons (Fsp3) is 0.400. The van der Waals surface area contributed by atoms with Crippen molar-refractivity contribution in [2.75, 3.05) is 24.5 Å². The summed E-state index contributed by atoms with van der Waals surface area (Å²) >= 11 is 0. The Balaban J connectivity index is 1.41. The maximum absolute atomic E-state index is 13.7. The monoisotopic (exact) mass is 534 g/mol. The quantitative estimate of drug-likeness (QED) is 0.472. The first-order valence-corrected chi connectivity index (χ1v) is 13.4. The molecule has 2 aromatic carbocycles. The molecule has 1 N–H and O–H groups in total. The number of hydrogen-bond acceptors (Lipinski definition) is 5. The van der Waals surface area contributed by atoms with Gasteiger partial charge >= 0.3 is 5.97 Å². The second-order valence-electron chi connectivity index (χ2n) is 10.7. The second-order valence-corrected chi connectivity index (χ2v) is 10.7. The number of carboxylic acids is 1. The molecule has 2 fully saturated rings. The van der Waals surface area contributed by atoms with Crippen molar-refractivity contribution in [2.24, 2.45) is 11.8 Å². The molecule has 3 unspecified atom stereocenters. The molecular weight excluding hydrogens is 502 g/mol. The maximum Gasteiger partial charge on any atom is 0.339 e. The number of benzene rings is 2. The average Bonchev–Trinajstić information content (AvgIpc) is 3.30. The van der Waals surface area contributed by atoms with Gasteiger partial charge in [0.2, 0.25) is 11.9 Å². The fourth-order valence-corrected chi connectivity index (χ4v) is 5.95. The van der Waals surface area contributed by atoms with Gasteiger partial charge in [-0.25, -0.2) is 23.5 Å². The number of nitrogens with zero attached hydrogens (tertiary/aromatic N) is 4. The van der Waals surface area contributed by atoms with Crippen LogP contribution >= 0.6 is 0 Å². The normalized spacial score (nSPS) is 20.8. The number of aromatic nitrogens is 2. The molecule has 3 heterocycles. The lowest BCUT2D eigenvalue weighted by Gasteiger charge is -2.39. The van der Waals surface area contributed by atoms with Gasteiger partial charge in [-0.1, -0.05) is 38.1 Å². The van der Waals surface area contributed by atoms with E-state index in [1.807, 2.05) is 18.7 Å². The lowest BCUT2D eigenvalue weighted by molar-refractivity contribution is -0.135. The van der Waals surface area contributed by atoms with Crippen LogP contribution in [0.2, 0.25) is 0 Å². The highest BCUT2D eigenvalue weighted by Gasteiger charge is 2.47. The van der Waals surface area contributed by atoms with Crippen LogP contribution in [0, 0.1) is 23.5 Å². The van der Waals surface area contributed by atoms with E-state index in [1.54, 1.807) is 24.3 Å². The van der Waals surface area contributed by atoms with E-state index in [2.05, 4.69) is 14.9 Å². The van der Waals surface area contributed by atoms with E-state index in [4.69, 9.17) is 0 Å². The van der Waals surface area contributed by atoms with Crippen molar-refractivity contribution in [1.82, 2.24) is 14.9 Å². The van der Waals surface area contributed by atoms with E-state index in [0.717, 1.165) is 17.5 Å². The summed E-state index contributed by atoms with van der Waals surface area (Å²) in [6.07, 6.45) is 2.84. The Labute approximate surface area is 226 Å². The van der Waals surface area contributed by atoms with Crippen LogP contribution in [0.25, 0.3) is 0 Å². The molecule has 0 radical (unpaired) electrons. The van der Waals surface area contributed by atoms with Gasteiger partial charge in [0.25, 0.3) is 0 Å². The van der Waals surface area contributed by atoms with Gasteiger partial charge in [0.1, 0.15) is 11.6 Å². The SMILES string of the molecule is CC(C)C(=O)N1CC(c2ccc(F)cc2)C2CN(c3ncc(C(=O)O)c(CCc4cccc(F)c4)n3)CCC21. The maximum atomic E-state index is 13.7. The van der Waals surface area contributed by atoms with Crippen molar-refractivity contribution in [3.8, 4) is 0 Å². The zero-order valence-corrected chi connectivity index (χ0v) is 22.1. The molecule has 1 aromatic heterocycles. The van der Waals surface area contributed by atoms with Crippen molar-refractivity contribution in [3.63, 3.8) is 0 Å². The molecule has 39 heavy (non-hydrogen) atoms. The lowest BCUT2D eigenvalue weighted by Crippen LogP contribution is -2.49. The molecule has 0 saturated carbocycles. The number of carbonyl (C=O) groups excluding carboxylic acids is 1. The number of fused-ring (bicyclic) bond motifs is 1. The van der Waals surface area contributed by atoms with Crippen LogP contribution in [-0.4, -0.2) is 57.5 Å². The summed E-state index contributed by atoms with van der Waals surface area (Å²) in [4.78, 5) is 38.1. The Morgan fingerprint density at radius 3 is 2.51 bits per heavy atom. The van der Waals surface area contributed by atoms with Gasteiger partial charge in [-0.3, -0.25) is 4.79 Å². The van der Waals surface area contributed by atoms with Crippen LogP contribution in [0.5, 0.6) is 0 Å². The first-order chi connectivity index (χ1) is 18.7. The second kappa shape index (κ2) is 11.1.